The number of rotatable bonds is 6. The van der Waals surface area contributed by atoms with Crippen LogP contribution in [0, 0.1) is 6.92 Å². The van der Waals surface area contributed by atoms with Gasteiger partial charge >= 0.3 is 0 Å². The first-order valence-electron chi connectivity index (χ1n) is 14.2. The van der Waals surface area contributed by atoms with Crippen LogP contribution in [-0.2, 0) is 0 Å². The molecule has 204 valence electrons. The van der Waals surface area contributed by atoms with Crippen LogP contribution in [0.3, 0.4) is 0 Å². The van der Waals surface area contributed by atoms with Crippen LogP contribution >= 0.6 is 0 Å². The average Bonchev–Trinajstić information content (AvgIpc) is 3.09. The highest BCUT2D eigenvalue weighted by Gasteiger charge is 2.16. The smallest absolute Gasteiger partial charge is 0.164 e. The molecule has 0 saturated carbocycles. The van der Waals surface area contributed by atoms with Crippen molar-refractivity contribution in [3.8, 4) is 67.8 Å². The molecule has 0 fully saturated rings. The zero-order valence-corrected chi connectivity index (χ0v) is 23.6. The molecule has 43 heavy (non-hydrogen) atoms. The Morgan fingerprint density at radius 1 is 0.349 bits per heavy atom. The van der Waals surface area contributed by atoms with Crippen molar-refractivity contribution >= 4 is 0 Å². The lowest BCUT2D eigenvalue weighted by atomic mass is 9.98. The summed E-state index contributed by atoms with van der Waals surface area (Å²) in [6, 6.07) is 47.0. The van der Waals surface area contributed by atoms with Gasteiger partial charge in [0.15, 0.2) is 17.5 Å². The van der Waals surface area contributed by atoms with Gasteiger partial charge in [0.1, 0.15) is 0 Å². The summed E-state index contributed by atoms with van der Waals surface area (Å²) in [5.74, 6) is 1.83. The van der Waals surface area contributed by atoms with Gasteiger partial charge in [-0.15, -0.1) is 0 Å². The largest absolute Gasteiger partial charge is 0.256 e. The Labute approximate surface area is 250 Å². The van der Waals surface area contributed by atoms with Crippen molar-refractivity contribution in [2.24, 2.45) is 0 Å². The fourth-order valence-electron chi connectivity index (χ4n) is 5.14. The number of aromatic nitrogens is 5. The predicted molar refractivity (Wildman–Crippen MR) is 173 cm³/mol. The highest BCUT2D eigenvalue weighted by atomic mass is 15.0. The second-order valence-corrected chi connectivity index (χ2v) is 10.3. The fourth-order valence-corrected chi connectivity index (χ4v) is 5.14. The molecule has 0 spiro atoms. The van der Waals surface area contributed by atoms with E-state index in [2.05, 4.69) is 59.6 Å². The van der Waals surface area contributed by atoms with Gasteiger partial charge in [0.05, 0.1) is 11.4 Å². The van der Waals surface area contributed by atoms with Crippen molar-refractivity contribution in [3.63, 3.8) is 0 Å². The zero-order chi connectivity index (χ0) is 29.0. The molecule has 5 heteroatoms. The van der Waals surface area contributed by atoms with Crippen molar-refractivity contribution in [1.82, 2.24) is 24.9 Å². The Morgan fingerprint density at radius 2 is 0.837 bits per heavy atom. The molecule has 0 radical (unpaired) electrons. The third-order valence-corrected chi connectivity index (χ3v) is 7.21. The van der Waals surface area contributed by atoms with Gasteiger partial charge in [-0.05, 0) is 60.5 Å². The Bertz CT molecular complexity index is 1950. The van der Waals surface area contributed by atoms with Crippen molar-refractivity contribution in [2.45, 2.75) is 6.92 Å². The minimum Gasteiger partial charge on any atom is -0.256 e. The minimum absolute atomic E-state index is 0.586. The molecular weight excluding hydrogens is 526 g/mol. The molecule has 0 saturated heterocycles. The van der Waals surface area contributed by atoms with E-state index < -0.39 is 0 Å². The molecule has 0 N–H and O–H groups in total. The van der Waals surface area contributed by atoms with E-state index in [0.29, 0.717) is 17.5 Å². The molecule has 0 unspecified atom stereocenters. The first kappa shape index (κ1) is 26.1. The maximum Gasteiger partial charge on any atom is 0.164 e. The highest BCUT2D eigenvalue weighted by molar-refractivity contribution is 5.80. The first-order chi connectivity index (χ1) is 21.2. The predicted octanol–water partition coefficient (Wildman–Crippen LogP) is 8.97. The van der Waals surface area contributed by atoms with E-state index >= 15 is 0 Å². The molecule has 5 nitrogen and oxygen atoms in total. The van der Waals surface area contributed by atoms with Crippen LogP contribution in [0.25, 0.3) is 67.8 Å². The van der Waals surface area contributed by atoms with Gasteiger partial charge < -0.3 is 0 Å². The van der Waals surface area contributed by atoms with Crippen molar-refractivity contribution in [1.29, 1.82) is 0 Å². The summed E-state index contributed by atoms with van der Waals surface area (Å²) in [5.41, 5.74) is 9.58. The lowest BCUT2D eigenvalue weighted by molar-refractivity contribution is 1.07. The van der Waals surface area contributed by atoms with Crippen LogP contribution < -0.4 is 0 Å². The van der Waals surface area contributed by atoms with Crippen LogP contribution in [0.2, 0.25) is 0 Å². The summed E-state index contributed by atoms with van der Waals surface area (Å²) in [4.78, 5) is 24.5. The quantitative estimate of drug-likeness (QED) is 0.206. The SMILES string of the molecule is Cc1cc(-c2ccccc2)cc(-c2cc(-c3ccccn3)cc(-c3nc(-c4ccccc4)nc(-c4ccccc4)n3)c2)n1. The number of pyridine rings is 2. The minimum atomic E-state index is 0.586. The van der Waals surface area contributed by atoms with Gasteiger partial charge in [-0.2, -0.15) is 0 Å². The van der Waals surface area contributed by atoms with E-state index in [1.807, 2.05) is 98.0 Å². The number of hydrogen-bond donors (Lipinski definition) is 0. The van der Waals surface area contributed by atoms with Gasteiger partial charge in [0.25, 0.3) is 0 Å². The van der Waals surface area contributed by atoms with Crippen LogP contribution in [-0.4, -0.2) is 24.9 Å². The molecule has 0 bridgehead atoms. The van der Waals surface area contributed by atoms with Crippen LogP contribution in [0.15, 0.2) is 146 Å². The summed E-state index contributed by atoms with van der Waals surface area (Å²) in [5, 5.41) is 0. The van der Waals surface area contributed by atoms with Crippen molar-refractivity contribution < 1.29 is 0 Å². The van der Waals surface area contributed by atoms with Crippen LogP contribution in [0.5, 0.6) is 0 Å². The second-order valence-electron chi connectivity index (χ2n) is 10.3. The Kier molecular flexibility index (Phi) is 7.04. The average molecular weight is 554 g/mol. The number of nitrogens with zero attached hydrogens (tertiary/aromatic N) is 5. The van der Waals surface area contributed by atoms with E-state index in [1.54, 1.807) is 0 Å². The summed E-state index contributed by atoms with van der Waals surface area (Å²) in [7, 11) is 0. The molecular formula is C38H27N5. The van der Waals surface area contributed by atoms with E-state index in [0.717, 1.165) is 56.0 Å². The van der Waals surface area contributed by atoms with Gasteiger partial charge in [-0.3, -0.25) is 9.97 Å². The lowest BCUT2D eigenvalue weighted by Gasteiger charge is -2.13. The molecule has 0 amide bonds. The maximum atomic E-state index is 4.99. The Hall–Kier alpha value is -5.81. The second kappa shape index (κ2) is 11.6. The standard InChI is InChI=1S/C38H27N5/c1-26-21-30(27-13-5-2-6-14-27)25-35(40-26)32-22-31(34-19-11-12-20-39-34)23-33(24-32)38-42-36(28-15-7-3-8-16-28)41-37(43-38)29-17-9-4-10-18-29/h2-25H,1H3. The Balaban J connectivity index is 1.45. The number of benzene rings is 4. The van der Waals surface area contributed by atoms with E-state index in [9.17, 15) is 0 Å². The molecule has 0 atom stereocenters. The van der Waals surface area contributed by atoms with Gasteiger partial charge in [-0.25, -0.2) is 15.0 Å². The normalized spacial score (nSPS) is 10.9. The molecule has 7 aromatic rings. The highest BCUT2D eigenvalue weighted by Crippen LogP contribution is 2.34. The molecule has 0 aliphatic carbocycles. The zero-order valence-electron chi connectivity index (χ0n) is 23.6. The molecule has 0 aliphatic heterocycles. The summed E-state index contributed by atoms with van der Waals surface area (Å²) in [6.07, 6.45) is 1.81. The van der Waals surface area contributed by atoms with E-state index in [4.69, 9.17) is 19.9 Å². The molecule has 7 rings (SSSR count). The van der Waals surface area contributed by atoms with Crippen LogP contribution in [0.4, 0.5) is 0 Å². The van der Waals surface area contributed by atoms with E-state index in [-0.39, 0.29) is 0 Å². The van der Waals surface area contributed by atoms with Crippen LogP contribution in [0.1, 0.15) is 5.69 Å². The third kappa shape index (κ3) is 5.69. The van der Waals surface area contributed by atoms with Crippen molar-refractivity contribution in [2.75, 3.05) is 0 Å². The molecule has 3 heterocycles. The summed E-state index contributed by atoms with van der Waals surface area (Å²) < 4.78 is 0. The van der Waals surface area contributed by atoms with Gasteiger partial charge in [0, 0.05) is 39.7 Å². The monoisotopic (exact) mass is 553 g/mol. The Morgan fingerprint density at radius 3 is 1.40 bits per heavy atom. The maximum absolute atomic E-state index is 4.99. The summed E-state index contributed by atoms with van der Waals surface area (Å²) in [6.45, 7) is 2.03. The number of hydrogen-bond acceptors (Lipinski definition) is 5. The molecule has 3 aromatic heterocycles. The fraction of sp³-hybridized carbons (Fsp3) is 0.0263. The molecule has 0 aliphatic rings. The first-order valence-corrected chi connectivity index (χ1v) is 14.2. The molecule has 4 aromatic carbocycles. The van der Waals surface area contributed by atoms with Gasteiger partial charge in [-0.1, -0.05) is 97.1 Å². The summed E-state index contributed by atoms with van der Waals surface area (Å²) >= 11 is 0. The third-order valence-electron chi connectivity index (χ3n) is 7.21. The van der Waals surface area contributed by atoms with E-state index in [1.165, 1.54) is 0 Å². The van der Waals surface area contributed by atoms with Gasteiger partial charge in [0.2, 0.25) is 0 Å². The number of aryl methyl sites for hydroxylation is 1. The topological polar surface area (TPSA) is 64.5 Å². The lowest BCUT2D eigenvalue weighted by Crippen LogP contribution is -2.01. The van der Waals surface area contributed by atoms with Crippen molar-refractivity contribution in [3.05, 3.63) is 151 Å².